The molecule has 1 heterocycles. The van der Waals surface area contributed by atoms with Crippen LogP contribution in [0.2, 0.25) is 4.34 Å². The van der Waals surface area contributed by atoms with Crippen LogP contribution in [0.25, 0.3) is 0 Å². The van der Waals surface area contributed by atoms with Gasteiger partial charge in [-0.2, -0.15) is 0 Å². The predicted molar refractivity (Wildman–Crippen MR) is 76.3 cm³/mol. The first-order chi connectivity index (χ1) is 8.90. The molecule has 8 heteroatoms. The number of hydrogen-bond donors (Lipinski definition) is 1. The standard InChI is InChI=1S/C11H18ClNO4S2/c1-4-16-9(17-5-2)7-13-19(14,15)10-6-8(3)11(12)18-10/h6,9,13H,4-5,7H2,1-3H3. The van der Waals surface area contributed by atoms with Gasteiger partial charge in [-0.3, -0.25) is 0 Å². The summed E-state index contributed by atoms with van der Waals surface area (Å²) < 4.78 is 37.8. The molecule has 0 radical (unpaired) electrons. The van der Waals surface area contributed by atoms with Crippen LogP contribution in [-0.2, 0) is 19.5 Å². The quantitative estimate of drug-likeness (QED) is 0.745. The number of thiophene rings is 1. The number of rotatable bonds is 8. The highest BCUT2D eigenvalue weighted by molar-refractivity contribution is 7.91. The molecule has 0 aliphatic heterocycles. The van der Waals surface area contributed by atoms with Crippen LogP contribution < -0.4 is 4.72 Å². The van der Waals surface area contributed by atoms with Crippen LogP contribution in [0.15, 0.2) is 10.3 Å². The Hall–Kier alpha value is -0.180. The van der Waals surface area contributed by atoms with E-state index in [0.29, 0.717) is 17.6 Å². The fraction of sp³-hybridized carbons (Fsp3) is 0.636. The van der Waals surface area contributed by atoms with Gasteiger partial charge in [-0.05, 0) is 32.4 Å². The van der Waals surface area contributed by atoms with Crippen LogP contribution in [0.4, 0.5) is 0 Å². The second-order valence-electron chi connectivity index (χ2n) is 3.71. The van der Waals surface area contributed by atoms with Crippen molar-refractivity contribution in [2.75, 3.05) is 19.8 Å². The fourth-order valence-corrected chi connectivity index (χ4v) is 4.12. The van der Waals surface area contributed by atoms with Crippen LogP contribution >= 0.6 is 22.9 Å². The molecule has 0 spiro atoms. The van der Waals surface area contributed by atoms with Gasteiger partial charge in [0.15, 0.2) is 6.29 Å². The lowest BCUT2D eigenvalue weighted by molar-refractivity contribution is -0.130. The van der Waals surface area contributed by atoms with E-state index in [1.807, 2.05) is 13.8 Å². The van der Waals surface area contributed by atoms with Gasteiger partial charge in [0.05, 0.1) is 10.9 Å². The van der Waals surface area contributed by atoms with Gasteiger partial charge in [0.2, 0.25) is 10.0 Å². The zero-order valence-corrected chi connectivity index (χ0v) is 13.5. The van der Waals surface area contributed by atoms with E-state index in [1.54, 1.807) is 13.0 Å². The molecule has 1 aromatic heterocycles. The van der Waals surface area contributed by atoms with Gasteiger partial charge in [-0.25, -0.2) is 13.1 Å². The minimum Gasteiger partial charge on any atom is -0.352 e. The minimum atomic E-state index is -3.57. The van der Waals surface area contributed by atoms with Crippen LogP contribution in [-0.4, -0.2) is 34.5 Å². The number of ether oxygens (including phenoxy) is 2. The van der Waals surface area contributed by atoms with Crippen molar-refractivity contribution < 1.29 is 17.9 Å². The van der Waals surface area contributed by atoms with Crippen molar-refractivity contribution in [1.82, 2.24) is 4.72 Å². The Morgan fingerprint density at radius 1 is 1.37 bits per heavy atom. The number of nitrogens with one attached hydrogen (secondary N) is 1. The zero-order chi connectivity index (χ0) is 14.5. The number of aryl methyl sites for hydroxylation is 1. The summed E-state index contributed by atoms with van der Waals surface area (Å²) in [5.41, 5.74) is 0.748. The van der Waals surface area contributed by atoms with Gasteiger partial charge in [0, 0.05) is 13.2 Å². The summed E-state index contributed by atoms with van der Waals surface area (Å²) in [6, 6.07) is 1.55. The van der Waals surface area contributed by atoms with E-state index in [2.05, 4.69) is 4.72 Å². The Labute approximate surface area is 122 Å². The second-order valence-corrected chi connectivity index (χ2v) is 7.36. The lowest BCUT2D eigenvalue weighted by Gasteiger charge is -2.17. The van der Waals surface area contributed by atoms with Gasteiger partial charge < -0.3 is 9.47 Å². The van der Waals surface area contributed by atoms with Gasteiger partial charge in [-0.15, -0.1) is 11.3 Å². The molecule has 0 bridgehead atoms. The van der Waals surface area contributed by atoms with Crippen molar-refractivity contribution in [2.24, 2.45) is 0 Å². The molecule has 1 rings (SSSR count). The Balaban J connectivity index is 2.68. The predicted octanol–water partition coefficient (Wildman–Crippen LogP) is 2.39. The van der Waals surface area contributed by atoms with Crippen molar-refractivity contribution in [3.63, 3.8) is 0 Å². The van der Waals surface area contributed by atoms with Crippen LogP contribution in [0.5, 0.6) is 0 Å². The third-order valence-electron chi connectivity index (χ3n) is 2.24. The third kappa shape index (κ3) is 5.02. The number of hydrogen-bond acceptors (Lipinski definition) is 5. The van der Waals surface area contributed by atoms with E-state index in [1.165, 1.54) is 0 Å². The van der Waals surface area contributed by atoms with E-state index in [4.69, 9.17) is 21.1 Å². The maximum Gasteiger partial charge on any atom is 0.250 e. The van der Waals surface area contributed by atoms with Crippen molar-refractivity contribution >= 4 is 33.0 Å². The summed E-state index contributed by atoms with van der Waals surface area (Å²) in [4.78, 5) is 0. The highest BCUT2D eigenvalue weighted by Gasteiger charge is 2.20. The smallest absolute Gasteiger partial charge is 0.250 e. The molecule has 0 amide bonds. The molecule has 1 aromatic rings. The molecule has 110 valence electrons. The molecule has 5 nitrogen and oxygen atoms in total. The first kappa shape index (κ1) is 16.9. The molecule has 0 aromatic carbocycles. The Morgan fingerprint density at radius 3 is 2.37 bits per heavy atom. The summed E-state index contributed by atoms with van der Waals surface area (Å²) >= 11 is 6.91. The average molecular weight is 328 g/mol. The molecule has 0 aliphatic carbocycles. The fourth-order valence-electron chi connectivity index (χ4n) is 1.35. The normalized spacial score (nSPS) is 12.3. The maximum atomic E-state index is 12.0. The summed E-state index contributed by atoms with van der Waals surface area (Å²) in [6.45, 7) is 6.39. The van der Waals surface area contributed by atoms with Crippen molar-refractivity contribution in [3.8, 4) is 0 Å². The molecule has 1 N–H and O–H groups in total. The van der Waals surface area contributed by atoms with E-state index < -0.39 is 16.3 Å². The number of halogens is 1. The Kier molecular flexibility index (Phi) is 6.72. The first-order valence-electron chi connectivity index (χ1n) is 5.89. The molecule has 0 aliphatic rings. The van der Waals surface area contributed by atoms with Crippen LogP contribution in [0, 0.1) is 6.92 Å². The summed E-state index contributed by atoms with van der Waals surface area (Å²) in [7, 11) is -3.57. The molecule has 0 unspecified atom stereocenters. The molecule has 19 heavy (non-hydrogen) atoms. The Morgan fingerprint density at radius 2 is 1.95 bits per heavy atom. The van der Waals surface area contributed by atoms with Crippen molar-refractivity contribution in [1.29, 1.82) is 0 Å². The van der Waals surface area contributed by atoms with E-state index in [9.17, 15) is 8.42 Å². The second kappa shape index (κ2) is 7.56. The summed E-state index contributed by atoms with van der Waals surface area (Å²) in [5, 5.41) is 0. The molecule has 0 atom stereocenters. The average Bonchev–Trinajstić information content (AvgIpc) is 2.68. The lowest BCUT2D eigenvalue weighted by atomic mass is 10.4. The van der Waals surface area contributed by atoms with E-state index in [0.717, 1.165) is 16.9 Å². The minimum absolute atomic E-state index is 0.0680. The van der Waals surface area contributed by atoms with Crippen molar-refractivity contribution in [3.05, 3.63) is 16.0 Å². The number of sulfonamides is 1. The highest BCUT2D eigenvalue weighted by Crippen LogP contribution is 2.29. The van der Waals surface area contributed by atoms with Gasteiger partial charge in [0.1, 0.15) is 4.21 Å². The van der Waals surface area contributed by atoms with Gasteiger partial charge >= 0.3 is 0 Å². The topological polar surface area (TPSA) is 64.6 Å². The SMILES string of the molecule is CCOC(CNS(=O)(=O)c1cc(C)c(Cl)s1)OCC. The summed E-state index contributed by atoms with van der Waals surface area (Å²) in [5.74, 6) is 0. The Bertz CT molecular complexity index is 475. The van der Waals surface area contributed by atoms with Crippen molar-refractivity contribution in [2.45, 2.75) is 31.3 Å². The van der Waals surface area contributed by atoms with Gasteiger partial charge in [-0.1, -0.05) is 11.6 Å². The monoisotopic (exact) mass is 327 g/mol. The third-order valence-corrected chi connectivity index (χ3v) is 5.70. The van der Waals surface area contributed by atoms with Gasteiger partial charge in [0.25, 0.3) is 0 Å². The van der Waals surface area contributed by atoms with E-state index >= 15 is 0 Å². The molecule has 0 saturated heterocycles. The van der Waals surface area contributed by atoms with Crippen LogP contribution in [0.3, 0.4) is 0 Å². The first-order valence-corrected chi connectivity index (χ1v) is 8.57. The summed E-state index contributed by atoms with van der Waals surface area (Å²) in [6.07, 6.45) is -0.582. The lowest BCUT2D eigenvalue weighted by Crippen LogP contribution is -2.35. The highest BCUT2D eigenvalue weighted by atomic mass is 35.5. The van der Waals surface area contributed by atoms with E-state index in [-0.39, 0.29) is 10.8 Å². The molecular formula is C11H18ClNO4S2. The zero-order valence-electron chi connectivity index (χ0n) is 11.1. The maximum absolute atomic E-state index is 12.0. The molecular weight excluding hydrogens is 310 g/mol. The van der Waals surface area contributed by atoms with Crippen LogP contribution in [0.1, 0.15) is 19.4 Å². The molecule has 0 saturated carbocycles. The molecule has 0 fully saturated rings. The largest absolute Gasteiger partial charge is 0.352 e.